The summed E-state index contributed by atoms with van der Waals surface area (Å²) in [5.41, 5.74) is 3.42. The van der Waals surface area contributed by atoms with E-state index in [4.69, 9.17) is 0 Å². The van der Waals surface area contributed by atoms with Crippen molar-refractivity contribution in [1.82, 2.24) is 4.90 Å². The summed E-state index contributed by atoms with van der Waals surface area (Å²) in [6, 6.07) is 10.8. The lowest BCUT2D eigenvalue weighted by Gasteiger charge is -2.25. The highest BCUT2D eigenvalue weighted by Gasteiger charge is 2.25. The van der Waals surface area contributed by atoms with E-state index in [0.717, 1.165) is 36.3 Å². The van der Waals surface area contributed by atoms with Gasteiger partial charge in [-0.05, 0) is 74.2 Å². The first kappa shape index (κ1) is 16.6. The topological polar surface area (TPSA) is 3.24 Å². The Morgan fingerprint density at radius 1 is 1.17 bits per heavy atom. The van der Waals surface area contributed by atoms with Gasteiger partial charge in [0.25, 0.3) is 0 Å². The molecule has 4 heteroatoms. The molecule has 0 saturated heterocycles. The fraction of sp³-hybridized carbons (Fsp3) is 0.368. The zero-order valence-electron chi connectivity index (χ0n) is 13.2. The molecule has 0 amide bonds. The predicted molar refractivity (Wildman–Crippen MR) is 92.5 cm³/mol. The first-order valence-electron chi connectivity index (χ1n) is 7.97. The molecule has 0 bridgehead atoms. The van der Waals surface area contributed by atoms with Crippen molar-refractivity contribution in [2.45, 2.75) is 31.7 Å². The van der Waals surface area contributed by atoms with Gasteiger partial charge in [0, 0.05) is 16.6 Å². The maximum Gasteiger partial charge on any atom is 0.129 e. The summed E-state index contributed by atoms with van der Waals surface area (Å²) in [6.07, 6.45) is 3.74. The minimum absolute atomic E-state index is 0.431. The molecule has 3 rings (SSSR count). The van der Waals surface area contributed by atoms with Crippen LogP contribution in [-0.4, -0.2) is 18.5 Å². The Morgan fingerprint density at radius 2 is 2.00 bits per heavy atom. The van der Waals surface area contributed by atoms with Crippen LogP contribution in [0, 0.1) is 11.6 Å². The average Bonchev–Trinajstić information content (AvgIpc) is 2.92. The van der Waals surface area contributed by atoms with Gasteiger partial charge in [-0.1, -0.05) is 28.1 Å². The monoisotopic (exact) mass is 379 g/mol. The molecule has 0 aliphatic heterocycles. The summed E-state index contributed by atoms with van der Waals surface area (Å²) in [4.78, 5) is 2.35. The molecule has 0 radical (unpaired) electrons. The van der Waals surface area contributed by atoms with Gasteiger partial charge >= 0.3 is 0 Å². The standard InChI is InChI=1S/C19H20BrF2N/c1-23(10-2-3-14-5-8-16(21)12-18(14)22)19-9-6-13-4-7-15(20)11-17(13)19/h4-5,7-8,11-12,19H,2-3,6,9-10H2,1H3. The minimum Gasteiger partial charge on any atom is -0.299 e. The van der Waals surface area contributed by atoms with Gasteiger partial charge < -0.3 is 0 Å². The molecule has 2 aromatic rings. The van der Waals surface area contributed by atoms with E-state index in [1.165, 1.54) is 17.2 Å². The SMILES string of the molecule is CN(CCCc1ccc(F)cc1F)C1CCc2ccc(Br)cc21. The van der Waals surface area contributed by atoms with E-state index in [9.17, 15) is 8.78 Å². The van der Waals surface area contributed by atoms with E-state index in [1.807, 2.05) is 0 Å². The third-order valence-corrected chi connectivity index (χ3v) is 5.15. The quantitative estimate of drug-likeness (QED) is 0.682. The van der Waals surface area contributed by atoms with Crippen molar-refractivity contribution in [3.05, 3.63) is 69.2 Å². The Bertz CT molecular complexity index is 702. The molecule has 122 valence electrons. The van der Waals surface area contributed by atoms with Crippen LogP contribution < -0.4 is 0 Å². The molecule has 0 fully saturated rings. The van der Waals surface area contributed by atoms with Crippen molar-refractivity contribution in [3.63, 3.8) is 0 Å². The molecular formula is C19H20BrF2N. The molecule has 0 heterocycles. The fourth-order valence-corrected chi connectivity index (χ4v) is 3.79. The number of hydrogen-bond donors (Lipinski definition) is 0. The number of rotatable bonds is 5. The molecule has 1 aliphatic carbocycles. The maximum absolute atomic E-state index is 13.7. The van der Waals surface area contributed by atoms with Crippen molar-refractivity contribution in [3.8, 4) is 0 Å². The van der Waals surface area contributed by atoms with E-state index < -0.39 is 11.6 Å². The number of nitrogens with zero attached hydrogens (tertiary/aromatic N) is 1. The van der Waals surface area contributed by atoms with Crippen molar-refractivity contribution < 1.29 is 8.78 Å². The molecule has 1 aliphatic rings. The Kier molecular flexibility index (Phi) is 5.12. The normalized spacial score (nSPS) is 16.8. The van der Waals surface area contributed by atoms with Gasteiger partial charge in [0.1, 0.15) is 11.6 Å². The zero-order chi connectivity index (χ0) is 16.4. The van der Waals surface area contributed by atoms with Crippen LogP contribution in [0.15, 0.2) is 40.9 Å². The molecular weight excluding hydrogens is 360 g/mol. The second kappa shape index (κ2) is 7.10. The Balaban J connectivity index is 1.58. The molecule has 1 atom stereocenters. The van der Waals surface area contributed by atoms with Crippen molar-refractivity contribution in [1.29, 1.82) is 0 Å². The third-order valence-electron chi connectivity index (χ3n) is 4.66. The number of hydrogen-bond acceptors (Lipinski definition) is 1. The van der Waals surface area contributed by atoms with Gasteiger partial charge in [-0.3, -0.25) is 4.90 Å². The number of fused-ring (bicyclic) bond motifs is 1. The first-order valence-corrected chi connectivity index (χ1v) is 8.76. The van der Waals surface area contributed by atoms with E-state index in [1.54, 1.807) is 6.07 Å². The van der Waals surface area contributed by atoms with Gasteiger partial charge in [-0.2, -0.15) is 0 Å². The molecule has 1 unspecified atom stereocenters. The van der Waals surface area contributed by atoms with E-state index in [0.29, 0.717) is 18.0 Å². The van der Waals surface area contributed by atoms with Gasteiger partial charge in [-0.25, -0.2) is 8.78 Å². The molecule has 2 aromatic carbocycles. The summed E-state index contributed by atoms with van der Waals surface area (Å²) in [7, 11) is 2.13. The Hall–Kier alpha value is -1.26. The highest BCUT2D eigenvalue weighted by atomic mass is 79.9. The first-order chi connectivity index (χ1) is 11.0. The predicted octanol–water partition coefficient (Wildman–Crippen LogP) is 5.28. The van der Waals surface area contributed by atoms with Crippen LogP contribution in [0.25, 0.3) is 0 Å². The summed E-state index contributed by atoms with van der Waals surface area (Å²) >= 11 is 3.55. The van der Waals surface area contributed by atoms with Crippen molar-refractivity contribution in [2.24, 2.45) is 0 Å². The van der Waals surface area contributed by atoms with Gasteiger partial charge in [0.15, 0.2) is 0 Å². The second-order valence-electron chi connectivity index (χ2n) is 6.22. The Labute approximate surface area is 144 Å². The lowest BCUT2D eigenvalue weighted by Crippen LogP contribution is -2.24. The number of aryl methyl sites for hydroxylation is 2. The minimum atomic E-state index is -0.517. The van der Waals surface area contributed by atoms with E-state index >= 15 is 0 Å². The number of benzene rings is 2. The van der Waals surface area contributed by atoms with Crippen LogP contribution >= 0.6 is 15.9 Å². The summed E-state index contributed by atoms with van der Waals surface area (Å²) in [5.74, 6) is -0.959. The molecule has 1 nitrogen and oxygen atoms in total. The van der Waals surface area contributed by atoms with E-state index in [2.05, 4.69) is 46.1 Å². The van der Waals surface area contributed by atoms with Gasteiger partial charge in [0.2, 0.25) is 0 Å². The largest absolute Gasteiger partial charge is 0.299 e. The van der Waals surface area contributed by atoms with Crippen molar-refractivity contribution >= 4 is 15.9 Å². The van der Waals surface area contributed by atoms with Crippen LogP contribution in [0.1, 0.15) is 35.6 Å². The van der Waals surface area contributed by atoms with Gasteiger partial charge in [-0.15, -0.1) is 0 Å². The van der Waals surface area contributed by atoms with Crippen LogP contribution in [-0.2, 0) is 12.8 Å². The zero-order valence-corrected chi connectivity index (χ0v) is 14.7. The maximum atomic E-state index is 13.7. The molecule has 0 N–H and O–H groups in total. The molecule has 0 aromatic heterocycles. The highest BCUT2D eigenvalue weighted by Crippen LogP contribution is 2.36. The third kappa shape index (κ3) is 3.81. The van der Waals surface area contributed by atoms with E-state index in [-0.39, 0.29) is 0 Å². The summed E-state index contributed by atoms with van der Waals surface area (Å²) in [6.45, 7) is 0.896. The molecule has 0 spiro atoms. The fourth-order valence-electron chi connectivity index (χ4n) is 3.41. The second-order valence-corrected chi connectivity index (χ2v) is 7.13. The highest BCUT2D eigenvalue weighted by molar-refractivity contribution is 9.10. The van der Waals surface area contributed by atoms with Crippen LogP contribution in [0.3, 0.4) is 0 Å². The van der Waals surface area contributed by atoms with Crippen molar-refractivity contribution in [2.75, 3.05) is 13.6 Å². The van der Waals surface area contributed by atoms with Crippen LogP contribution in [0.2, 0.25) is 0 Å². The van der Waals surface area contributed by atoms with Crippen LogP contribution in [0.5, 0.6) is 0 Å². The lowest BCUT2D eigenvalue weighted by atomic mass is 10.1. The average molecular weight is 380 g/mol. The molecule has 0 saturated carbocycles. The summed E-state index contributed by atoms with van der Waals surface area (Å²) < 4.78 is 27.7. The van der Waals surface area contributed by atoms with Gasteiger partial charge in [0.05, 0.1) is 0 Å². The van der Waals surface area contributed by atoms with Crippen LogP contribution in [0.4, 0.5) is 8.78 Å². The smallest absolute Gasteiger partial charge is 0.129 e. The Morgan fingerprint density at radius 3 is 2.78 bits per heavy atom. The number of halogens is 3. The molecule has 23 heavy (non-hydrogen) atoms. The lowest BCUT2D eigenvalue weighted by molar-refractivity contribution is 0.241. The summed E-state index contributed by atoms with van der Waals surface area (Å²) in [5, 5.41) is 0.